The third kappa shape index (κ3) is 3.33. The molecule has 1 aliphatic rings. The van der Waals surface area contributed by atoms with E-state index in [4.69, 9.17) is 5.26 Å². The predicted molar refractivity (Wildman–Crippen MR) is 55.5 cm³/mol. The molecule has 13 heavy (non-hydrogen) atoms. The molecular formula is C10H21N3. The standard InChI is InChI=1S/C9H17N3.CH4/c1-8(2,3)12-9(6-10)4-5-11-7-9;/h11-12H,4-5,7H2,1-3H3;1H4. The van der Waals surface area contributed by atoms with Crippen LogP contribution in [-0.2, 0) is 0 Å². The molecule has 1 saturated heterocycles. The van der Waals surface area contributed by atoms with E-state index in [1.807, 2.05) is 0 Å². The Morgan fingerprint density at radius 3 is 2.38 bits per heavy atom. The van der Waals surface area contributed by atoms with Crippen molar-refractivity contribution < 1.29 is 0 Å². The zero-order valence-electron chi connectivity index (χ0n) is 8.07. The second-order valence-corrected chi connectivity index (χ2v) is 4.50. The quantitative estimate of drug-likeness (QED) is 0.643. The summed E-state index contributed by atoms with van der Waals surface area (Å²) in [5, 5.41) is 15.6. The number of rotatable bonds is 1. The smallest absolute Gasteiger partial charge is 0.120 e. The molecule has 0 radical (unpaired) electrons. The fourth-order valence-corrected chi connectivity index (χ4v) is 1.64. The van der Waals surface area contributed by atoms with E-state index in [2.05, 4.69) is 37.5 Å². The molecule has 1 fully saturated rings. The molecule has 2 N–H and O–H groups in total. The molecule has 1 unspecified atom stereocenters. The van der Waals surface area contributed by atoms with E-state index in [9.17, 15) is 0 Å². The molecule has 0 aromatic heterocycles. The van der Waals surface area contributed by atoms with Crippen molar-refractivity contribution in [3.8, 4) is 6.07 Å². The Labute approximate surface area is 81.5 Å². The number of hydrogen-bond donors (Lipinski definition) is 2. The van der Waals surface area contributed by atoms with Crippen molar-refractivity contribution in [2.24, 2.45) is 0 Å². The zero-order valence-corrected chi connectivity index (χ0v) is 8.07. The van der Waals surface area contributed by atoms with E-state index in [1.165, 1.54) is 0 Å². The van der Waals surface area contributed by atoms with E-state index in [0.29, 0.717) is 0 Å². The van der Waals surface area contributed by atoms with Gasteiger partial charge in [0.1, 0.15) is 5.54 Å². The number of hydrogen-bond acceptors (Lipinski definition) is 3. The molecule has 3 nitrogen and oxygen atoms in total. The molecule has 0 aromatic rings. The Hall–Kier alpha value is -0.590. The molecule has 1 heterocycles. The molecule has 0 spiro atoms. The molecular weight excluding hydrogens is 162 g/mol. The van der Waals surface area contributed by atoms with E-state index >= 15 is 0 Å². The molecule has 1 rings (SSSR count). The third-order valence-corrected chi connectivity index (χ3v) is 1.98. The van der Waals surface area contributed by atoms with Gasteiger partial charge >= 0.3 is 0 Å². The summed E-state index contributed by atoms with van der Waals surface area (Å²) in [5.74, 6) is 0. The van der Waals surface area contributed by atoms with Gasteiger partial charge in [-0.05, 0) is 33.7 Å². The van der Waals surface area contributed by atoms with Crippen LogP contribution in [0.3, 0.4) is 0 Å². The van der Waals surface area contributed by atoms with Gasteiger partial charge < -0.3 is 5.32 Å². The van der Waals surface area contributed by atoms with Crippen molar-refractivity contribution in [3.05, 3.63) is 0 Å². The van der Waals surface area contributed by atoms with Gasteiger partial charge in [-0.15, -0.1) is 0 Å². The van der Waals surface area contributed by atoms with Crippen LogP contribution in [-0.4, -0.2) is 24.2 Å². The lowest BCUT2D eigenvalue weighted by Crippen LogP contribution is -2.54. The van der Waals surface area contributed by atoms with Crippen LogP contribution in [0.4, 0.5) is 0 Å². The molecule has 0 saturated carbocycles. The van der Waals surface area contributed by atoms with Gasteiger partial charge in [0.25, 0.3) is 0 Å². The Kier molecular flexibility index (Phi) is 3.89. The first-order valence-electron chi connectivity index (χ1n) is 4.39. The lowest BCUT2D eigenvalue weighted by molar-refractivity contribution is 0.317. The van der Waals surface area contributed by atoms with Gasteiger partial charge in [-0.25, -0.2) is 0 Å². The first-order chi connectivity index (χ1) is 5.47. The van der Waals surface area contributed by atoms with Gasteiger partial charge in [0.15, 0.2) is 0 Å². The van der Waals surface area contributed by atoms with Crippen LogP contribution in [0, 0.1) is 11.3 Å². The minimum Gasteiger partial charge on any atom is -0.314 e. The molecule has 76 valence electrons. The van der Waals surface area contributed by atoms with Gasteiger partial charge in [-0.2, -0.15) is 5.26 Å². The Bertz CT molecular complexity index is 191. The summed E-state index contributed by atoms with van der Waals surface area (Å²) in [5.41, 5.74) is -0.319. The largest absolute Gasteiger partial charge is 0.314 e. The Morgan fingerprint density at radius 1 is 1.46 bits per heavy atom. The number of nitrogens with zero attached hydrogens (tertiary/aromatic N) is 1. The van der Waals surface area contributed by atoms with Crippen molar-refractivity contribution in [2.45, 2.75) is 45.7 Å². The van der Waals surface area contributed by atoms with Gasteiger partial charge in [-0.1, -0.05) is 7.43 Å². The van der Waals surface area contributed by atoms with Crippen LogP contribution < -0.4 is 10.6 Å². The molecule has 1 atom stereocenters. The summed E-state index contributed by atoms with van der Waals surface area (Å²) < 4.78 is 0. The van der Waals surface area contributed by atoms with Crippen LogP contribution in [0.2, 0.25) is 0 Å². The highest BCUT2D eigenvalue weighted by atomic mass is 15.1. The summed E-state index contributed by atoms with van der Waals surface area (Å²) in [6.07, 6.45) is 0.904. The van der Waals surface area contributed by atoms with Crippen LogP contribution in [0.1, 0.15) is 34.6 Å². The van der Waals surface area contributed by atoms with Gasteiger partial charge in [-0.3, -0.25) is 5.32 Å². The number of nitrogens with one attached hydrogen (secondary N) is 2. The van der Waals surface area contributed by atoms with Crippen molar-refractivity contribution in [2.75, 3.05) is 13.1 Å². The van der Waals surface area contributed by atoms with Gasteiger partial charge in [0.05, 0.1) is 6.07 Å². The summed E-state index contributed by atoms with van der Waals surface area (Å²) >= 11 is 0. The molecule has 0 amide bonds. The lowest BCUT2D eigenvalue weighted by Gasteiger charge is -2.31. The Morgan fingerprint density at radius 2 is 2.08 bits per heavy atom. The van der Waals surface area contributed by atoms with E-state index < -0.39 is 0 Å². The molecule has 3 heteroatoms. The van der Waals surface area contributed by atoms with Crippen LogP contribution >= 0.6 is 0 Å². The highest BCUT2D eigenvalue weighted by Crippen LogP contribution is 2.17. The Balaban J connectivity index is 0.00000144. The summed E-state index contributed by atoms with van der Waals surface area (Å²) in [4.78, 5) is 0. The second kappa shape index (κ2) is 4.08. The van der Waals surface area contributed by atoms with Crippen molar-refractivity contribution in [1.29, 1.82) is 5.26 Å². The maximum Gasteiger partial charge on any atom is 0.120 e. The topological polar surface area (TPSA) is 47.9 Å². The fourth-order valence-electron chi connectivity index (χ4n) is 1.64. The fraction of sp³-hybridized carbons (Fsp3) is 0.900. The third-order valence-electron chi connectivity index (χ3n) is 1.98. The second-order valence-electron chi connectivity index (χ2n) is 4.50. The highest BCUT2D eigenvalue weighted by molar-refractivity contribution is 5.13. The molecule has 0 aliphatic carbocycles. The zero-order chi connectivity index (χ0) is 9.24. The van der Waals surface area contributed by atoms with Crippen LogP contribution in [0.15, 0.2) is 0 Å². The lowest BCUT2D eigenvalue weighted by atomic mass is 9.95. The summed E-state index contributed by atoms with van der Waals surface area (Å²) in [6.45, 7) is 7.97. The van der Waals surface area contributed by atoms with Crippen molar-refractivity contribution in [1.82, 2.24) is 10.6 Å². The minimum atomic E-state index is -0.335. The maximum atomic E-state index is 9.03. The number of nitriles is 1. The maximum absolute atomic E-state index is 9.03. The first-order valence-corrected chi connectivity index (χ1v) is 4.39. The average Bonchev–Trinajstić information content (AvgIpc) is 2.34. The van der Waals surface area contributed by atoms with Gasteiger partial charge in [0, 0.05) is 12.1 Å². The normalized spacial score (nSPS) is 27.8. The predicted octanol–water partition coefficient (Wildman–Crippen LogP) is 1.27. The van der Waals surface area contributed by atoms with Crippen LogP contribution in [0.25, 0.3) is 0 Å². The van der Waals surface area contributed by atoms with E-state index in [0.717, 1.165) is 19.5 Å². The molecule has 0 bridgehead atoms. The van der Waals surface area contributed by atoms with E-state index in [-0.39, 0.29) is 18.5 Å². The monoisotopic (exact) mass is 183 g/mol. The summed E-state index contributed by atoms with van der Waals surface area (Å²) in [7, 11) is 0. The highest BCUT2D eigenvalue weighted by Gasteiger charge is 2.36. The summed E-state index contributed by atoms with van der Waals surface area (Å²) in [6, 6.07) is 2.36. The first kappa shape index (κ1) is 12.4. The average molecular weight is 183 g/mol. The van der Waals surface area contributed by atoms with Crippen molar-refractivity contribution >= 4 is 0 Å². The molecule has 1 aliphatic heterocycles. The van der Waals surface area contributed by atoms with E-state index in [1.54, 1.807) is 0 Å². The van der Waals surface area contributed by atoms with Gasteiger partial charge in [0.2, 0.25) is 0 Å². The molecule has 0 aromatic carbocycles. The SMILES string of the molecule is C.CC(C)(C)NC1(C#N)CCNC1. The van der Waals surface area contributed by atoms with Crippen LogP contribution in [0.5, 0.6) is 0 Å². The minimum absolute atomic E-state index is 0. The van der Waals surface area contributed by atoms with Crippen molar-refractivity contribution in [3.63, 3.8) is 0 Å².